The van der Waals surface area contributed by atoms with Gasteiger partial charge in [-0.25, -0.2) is 4.39 Å². The fraction of sp³-hybridized carbons (Fsp3) is 0.364. The van der Waals surface area contributed by atoms with E-state index in [1.165, 1.54) is 17.2 Å². The summed E-state index contributed by atoms with van der Waals surface area (Å²) in [6.45, 7) is 6.97. The smallest absolute Gasteiger partial charge is 0.226 e. The molecule has 0 aliphatic carbocycles. The summed E-state index contributed by atoms with van der Waals surface area (Å²) in [6, 6.07) is 21.2. The number of amides is 1. The van der Waals surface area contributed by atoms with E-state index >= 15 is 0 Å². The van der Waals surface area contributed by atoms with Crippen LogP contribution >= 0.6 is 0 Å². The molecular formula is C33H38FN3O2. The second kappa shape index (κ2) is 12.0. The molecule has 2 heterocycles. The van der Waals surface area contributed by atoms with Gasteiger partial charge in [0.1, 0.15) is 11.6 Å². The number of piperidine rings is 1. The predicted octanol–water partition coefficient (Wildman–Crippen LogP) is 7.39. The summed E-state index contributed by atoms with van der Waals surface area (Å²) < 4.78 is 19.5. The Hall–Kier alpha value is -3.64. The molecular weight excluding hydrogens is 489 g/mol. The number of H-pyrrole nitrogens is 1. The average molecular weight is 528 g/mol. The maximum Gasteiger partial charge on any atom is 0.226 e. The summed E-state index contributed by atoms with van der Waals surface area (Å²) >= 11 is 0. The molecule has 0 bridgehead atoms. The number of aromatic amines is 1. The zero-order valence-corrected chi connectivity index (χ0v) is 23.1. The molecule has 1 aliphatic rings. The van der Waals surface area contributed by atoms with Crippen LogP contribution in [-0.4, -0.2) is 42.5 Å². The summed E-state index contributed by atoms with van der Waals surface area (Å²) in [5.41, 5.74) is 6.30. The van der Waals surface area contributed by atoms with Gasteiger partial charge < -0.3 is 19.9 Å². The van der Waals surface area contributed by atoms with Gasteiger partial charge in [-0.15, -0.1) is 0 Å². The van der Waals surface area contributed by atoms with Crippen molar-refractivity contribution in [3.63, 3.8) is 0 Å². The number of ether oxygens (including phenoxy) is 1. The highest BCUT2D eigenvalue weighted by Crippen LogP contribution is 2.34. The number of anilines is 1. The van der Waals surface area contributed by atoms with Crippen LogP contribution in [0.2, 0.25) is 0 Å². The zero-order chi connectivity index (χ0) is 27.4. The van der Waals surface area contributed by atoms with E-state index in [0.717, 1.165) is 78.9 Å². The number of methoxy groups -OCH3 is 1. The number of fused-ring (bicyclic) bond motifs is 1. The minimum atomic E-state index is -0.231. The number of nitrogens with one attached hydrogen (secondary N) is 2. The molecule has 1 aliphatic heterocycles. The number of hydrogen-bond acceptors (Lipinski definition) is 3. The largest absolute Gasteiger partial charge is 0.497 e. The first kappa shape index (κ1) is 26.9. The van der Waals surface area contributed by atoms with Crippen molar-refractivity contribution in [2.45, 2.75) is 45.4 Å². The highest BCUT2D eigenvalue weighted by molar-refractivity contribution is 5.92. The van der Waals surface area contributed by atoms with Crippen molar-refractivity contribution in [1.29, 1.82) is 0 Å². The van der Waals surface area contributed by atoms with Crippen LogP contribution in [0.4, 0.5) is 10.1 Å². The van der Waals surface area contributed by atoms with Crippen LogP contribution in [0.3, 0.4) is 0 Å². The first-order chi connectivity index (χ1) is 18.9. The molecule has 4 aromatic rings. The van der Waals surface area contributed by atoms with Gasteiger partial charge in [-0.2, -0.15) is 0 Å². The van der Waals surface area contributed by atoms with Crippen LogP contribution in [0.15, 0.2) is 66.7 Å². The lowest BCUT2D eigenvalue weighted by Crippen LogP contribution is -2.33. The number of carbonyl (C=O) groups is 1. The summed E-state index contributed by atoms with van der Waals surface area (Å²) in [6.07, 6.45) is 4.14. The van der Waals surface area contributed by atoms with E-state index in [-0.39, 0.29) is 17.6 Å². The number of hydrogen-bond donors (Lipinski definition) is 2. The summed E-state index contributed by atoms with van der Waals surface area (Å²) in [7, 11) is 1.68. The monoisotopic (exact) mass is 527 g/mol. The Labute approximate surface area is 230 Å². The van der Waals surface area contributed by atoms with Crippen molar-refractivity contribution in [1.82, 2.24) is 9.88 Å². The molecule has 1 aromatic heterocycles. The van der Waals surface area contributed by atoms with E-state index in [1.54, 1.807) is 19.2 Å². The van der Waals surface area contributed by atoms with Gasteiger partial charge >= 0.3 is 0 Å². The van der Waals surface area contributed by atoms with E-state index < -0.39 is 0 Å². The summed E-state index contributed by atoms with van der Waals surface area (Å²) in [4.78, 5) is 18.2. The van der Waals surface area contributed by atoms with Crippen LogP contribution in [0, 0.1) is 11.7 Å². The second-order valence-electron chi connectivity index (χ2n) is 10.9. The molecule has 3 aromatic carbocycles. The van der Waals surface area contributed by atoms with Crippen molar-refractivity contribution < 1.29 is 13.9 Å². The van der Waals surface area contributed by atoms with E-state index in [4.69, 9.17) is 4.74 Å². The Balaban J connectivity index is 1.22. The molecule has 39 heavy (non-hydrogen) atoms. The molecule has 0 unspecified atom stereocenters. The molecule has 0 atom stereocenters. The molecule has 6 heteroatoms. The lowest BCUT2D eigenvalue weighted by molar-refractivity contribution is -0.118. The molecule has 5 rings (SSSR count). The third kappa shape index (κ3) is 6.34. The number of carbonyl (C=O) groups excluding carboxylic acids is 1. The highest BCUT2D eigenvalue weighted by atomic mass is 19.1. The van der Waals surface area contributed by atoms with E-state index in [2.05, 4.69) is 33.4 Å². The van der Waals surface area contributed by atoms with E-state index in [9.17, 15) is 9.18 Å². The molecule has 204 valence electrons. The van der Waals surface area contributed by atoms with Crippen LogP contribution < -0.4 is 10.1 Å². The normalized spacial score (nSPS) is 14.7. The molecule has 1 saturated heterocycles. The lowest BCUT2D eigenvalue weighted by atomic mass is 9.89. The van der Waals surface area contributed by atoms with Crippen molar-refractivity contribution in [2.24, 2.45) is 5.92 Å². The second-order valence-corrected chi connectivity index (χ2v) is 10.9. The molecule has 2 N–H and O–H groups in total. The summed E-state index contributed by atoms with van der Waals surface area (Å²) in [5.74, 6) is 1.12. The molecule has 0 radical (unpaired) electrons. The van der Waals surface area contributed by atoms with Gasteiger partial charge in [0.05, 0.1) is 7.11 Å². The Morgan fingerprint density at radius 2 is 1.87 bits per heavy atom. The fourth-order valence-corrected chi connectivity index (χ4v) is 5.63. The maximum absolute atomic E-state index is 14.1. The Kier molecular flexibility index (Phi) is 8.32. The minimum Gasteiger partial charge on any atom is -0.497 e. The third-order valence-electron chi connectivity index (χ3n) is 7.87. The van der Waals surface area contributed by atoms with Crippen molar-refractivity contribution in [3.05, 3.63) is 83.7 Å². The summed E-state index contributed by atoms with van der Waals surface area (Å²) in [5, 5.41) is 4.17. The quantitative estimate of drug-likeness (QED) is 0.239. The van der Waals surface area contributed by atoms with Crippen LogP contribution in [0.5, 0.6) is 5.75 Å². The topological polar surface area (TPSA) is 57.4 Å². The number of aryl methyl sites for hydroxylation is 1. The van der Waals surface area contributed by atoms with E-state index in [1.807, 2.05) is 44.2 Å². The van der Waals surface area contributed by atoms with Gasteiger partial charge in [0, 0.05) is 33.8 Å². The standard InChI is InChI=1S/C33H38FN3O2/c1-22(2)33(38)35-27-10-5-7-24(20-27)23-14-17-37(18-15-23)16-6-11-29-30-21-28(39-3)12-13-31(30)36-32(29)25-8-4-9-26(34)19-25/h4-5,7-10,12-13,19-23,36H,6,11,14-18H2,1-3H3,(H,35,38). The number of nitrogens with zero attached hydrogens (tertiary/aromatic N) is 1. The van der Waals surface area contributed by atoms with Crippen LogP contribution in [0.1, 0.15) is 50.2 Å². The fourth-order valence-electron chi connectivity index (χ4n) is 5.63. The first-order valence-corrected chi connectivity index (χ1v) is 14.0. The Bertz CT molecular complexity index is 1440. The number of rotatable bonds is 9. The minimum absolute atomic E-state index is 0.0341. The third-order valence-corrected chi connectivity index (χ3v) is 7.87. The van der Waals surface area contributed by atoms with Gasteiger partial charge in [0.25, 0.3) is 0 Å². The van der Waals surface area contributed by atoms with Crippen LogP contribution in [0.25, 0.3) is 22.2 Å². The number of halogens is 1. The SMILES string of the molecule is COc1ccc2[nH]c(-c3cccc(F)c3)c(CCCN3CCC(c4cccc(NC(=O)C(C)C)c4)CC3)c2c1. The van der Waals surface area contributed by atoms with Gasteiger partial charge in [0.15, 0.2) is 0 Å². The van der Waals surface area contributed by atoms with Gasteiger partial charge in [-0.05, 0) is 105 Å². The molecule has 0 spiro atoms. The number of benzene rings is 3. The van der Waals surface area contributed by atoms with Crippen molar-refractivity contribution >= 4 is 22.5 Å². The number of aromatic nitrogens is 1. The average Bonchev–Trinajstić information content (AvgIpc) is 3.31. The Morgan fingerprint density at radius 3 is 2.62 bits per heavy atom. The number of likely N-dealkylation sites (tertiary alicyclic amines) is 1. The van der Waals surface area contributed by atoms with Gasteiger partial charge in [-0.3, -0.25) is 4.79 Å². The van der Waals surface area contributed by atoms with Crippen molar-refractivity contribution in [3.8, 4) is 17.0 Å². The lowest BCUT2D eigenvalue weighted by Gasteiger charge is -2.32. The van der Waals surface area contributed by atoms with E-state index in [0.29, 0.717) is 5.92 Å². The zero-order valence-electron chi connectivity index (χ0n) is 23.1. The highest BCUT2D eigenvalue weighted by Gasteiger charge is 2.22. The Morgan fingerprint density at radius 1 is 1.08 bits per heavy atom. The van der Waals surface area contributed by atoms with Crippen molar-refractivity contribution in [2.75, 3.05) is 32.1 Å². The molecule has 0 saturated carbocycles. The first-order valence-electron chi connectivity index (χ1n) is 14.0. The van der Waals surface area contributed by atoms with Crippen LogP contribution in [-0.2, 0) is 11.2 Å². The molecule has 1 amide bonds. The van der Waals surface area contributed by atoms with Gasteiger partial charge in [0.2, 0.25) is 5.91 Å². The predicted molar refractivity (Wildman–Crippen MR) is 157 cm³/mol. The molecule has 1 fully saturated rings. The van der Waals surface area contributed by atoms with Gasteiger partial charge in [-0.1, -0.05) is 38.1 Å². The maximum atomic E-state index is 14.1. The molecule has 5 nitrogen and oxygen atoms in total.